The summed E-state index contributed by atoms with van der Waals surface area (Å²) < 4.78 is 18.7. The number of ether oxygens (including phenoxy) is 1. The van der Waals surface area contributed by atoms with Crippen LogP contribution in [0.25, 0.3) is 11.2 Å². The average Bonchev–Trinajstić information content (AvgIpc) is 3.09. The van der Waals surface area contributed by atoms with E-state index in [0.29, 0.717) is 47.1 Å². The van der Waals surface area contributed by atoms with E-state index >= 15 is 0 Å². The highest BCUT2D eigenvalue weighted by Crippen LogP contribution is 2.22. The minimum absolute atomic E-state index is 0.0203. The van der Waals surface area contributed by atoms with Crippen molar-refractivity contribution >= 4 is 28.5 Å². The van der Waals surface area contributed by atoms with Crippen LogP contribution in [0.4, 0.5) is 10.1 Å². The third kappa shape index (κ3) is 3.56. The summed E-state index contributed by atoms with van der Waals surface area (Å²) in [5, 5.41) is 14.4. The Bertz CT molecular complexity index is 1090. The van der Waals surface area contributed by atoms with Crippen LogP contribution in [0.3, 0.4) is 0 Å². The van der Waals surface area contributed by atoms with Crippen molar-refractivity contribution in [2.75, 3.05) is 25.6 Å². The molecule has 1 amide bonds. The van der Waals surface area contributed by atoms with Gasteiger partial charge in [-0.25, -0.2) is 14.4 Å². The highest BCUT2D eigenvalue weighted by atomic mass is 19.1. The van der Waals surface area contributed by atoms with Crippen LogP contribution in [0.2, 0.25) is 0 Å². The quantitative estimate of drug-likeness (QED) is 0.477. The van der Waals surface area contributed by atoms with Crippen LogP contribution in [-0.2, 0) is 4.74 Å². The summed E-state index contributed by atoms with van der Waals surface area (Å²) in [4.78, 5) is 24.4. The molecule has 0 bridgehead atoms. The largest absolute Gasteiger partial charge is 0.387 e. The number of nitrogens with zero attached hydrogens (tertiary/aromatic N) is 2. The van der Waals surface area contributed by atoms with Gasteiger partial charge in [0.25, 0.3) is 5.91 Å². The van der Waals surface area contributed by atoms with Crippen molar-refractivity contribution in [3.63, 3.8) is 0 Å². The van der Waals surface area contributed by atoms with E-state index in [9.17, 15) is 9.18 Å². The molecule has 3 heterocycles. The average molecular weight is 396 g/mol. The number of hydrogen-bond acceptors (Lipinski definition) is 6. The Balaban J connectivity index is 1.64. The molecule has 3 aromatic rings. The van der Waals surface area contributed by atoms with Crippen LogP contribution in [0.5, 0.6) is 0 Å². The van der Waals surface area contributed by atoms with Gasteiger partial charge in [0, 0.05) is 36.5 Å². The topological polar surface area (TPSA) is 116 Å². The van der Waals surface area contributed by atoms with Crippen molar-refractivity contribution in [3.05, 3.63) is 53.2 Å². The third-order valence-corrected chi connectivity index (χ3v) is 5.13. The molecule has 1 aliphatic heterocycles. The molecular formula is C20H21FN6O2. The predicted molar refractivity (Wildman–Crippen MR) is 107 cm³/mol. The number of fused-ring (bicyclic) bond motifs is 1. The lowest BCUT2D eigenvalue weighted by atomic mass is 9.99. The van der Waals surface area contributed by atoms with Gasteiger partial charge in [-0.05, 0) is 25.1 Å². The lowest BCUT2D eigenvalue weighted by molar-refractivity contribution is -0.0452. The molecule has 0 unspecified atom stereocenters. The van der Waals surface area contributed by atoms with Gasteiger partial charge in [0.15, 0.2) is 5.65 Å². The first-order valence-electron chi connectivity index (χ1n) is 9.27. The Morgan fingerprint density at radius 3 is 2.86 bits per heavy atom. The number of nitrogens with one attached hydrogen (secondary N) is 4. The highest BCUT2D eigenvalue weighted by Gasteiger charge is 2.27. The van der Waals surface area contributed by atoms with Gasteiger partial charge in [-0.2, -0.15) is 0 Å². The fourth-order valence-corrected chi connectivity index (χ4v) is 3.21. The fourth-order valence-electron chi connectivity index (χ4n) is 3.21. The number of anilines is 1. The third-order valence-electron chi connectivity index (χ3n) is 5.13. The van der Waals surface area contributed by atoms with E-state index in [-0.39, 0.29) is 23.4 Å². The number of rotatable bonds is 6. The fraction of sp³-hybridized carbons (Fsp3) is 0.300. The number of halogens is 1. The van der Waals surface area contributed by atoms with Crippen LogP contribution >= 0.6 is 0 Å². The summed E-state index contributed by atoms with van der Waals surface area (Å²) in [6.07, 6.45) is 3.02. The SMILES string of the molecule is CNc1cc(F)ccc1C(=N)c1cnc2[nH]cc(C(=O)N[C@H](C)C3COC3)c2n1. The number of H-pyrrole nitrogens is 1. The second kappa shape index (κ2) is 7.59. The van der Waals surface area contributed by atoms with Crippen LogP contribution in [-0.4, -0.2) is 52.9 Å². The Kier molecular flexibility index (Phi) is 4.98. The van der Waals surface area contributed by atoms with E-state index in [1.807, 2.05) is 6.92 Å². The van der Waals surface area contributed by atoms with Gasteiger partial charge in [-0.3, -0.25) is 10.2 Å². The first-order chi connectivity index (χ1) is 14.0. The Morgan fingerprint density at radius 1 is 1.38 bits per heavy atom. The highest BCUT2D eigenvalue weighted by molar-refractivity contribution is 6.14. The first-order valence-corrected chi connectivity index (χ1v) is 9.27. The molecule has 8 nitrogen and oxygen atoms in total. The normalized spacial score (nSPS) is 15.0. The van der Waals surface area contributed by atoms with E-state index in [2.05, 4.69) is 25.6 Å². The van der Waals surface area contributed by atoms with Crippen molar-refractivity contribution in [3.8, 4) is 0 Å². The molecule has 1 aliphatic rings. The molecule has 1 atom stereocenters. The summed E-state index contributed by atoms with van der Waals surface area (Å²) in [6.45, 7) is 3.23. The van der Waals surface area contributed by atoms with Crippen LogP contribution in [0.1, 0.15) is 28.5 Å². The van der Waals surface area contributed by atoms with Gasteiger partial charge >= 0.3 is 0 Å². The molecule has 0 radical (unpaired) electrons. The molecule has 1 saturated heterocycles. The van der Waals surface area contributed by atoms with E-state index < -0.39 is 5.82 Å². The zero-order chi connectivity index (χ0) is 20.5. The lowest BCUT2D eigenvalue weighted by Crippen LogP contribution is -2.46. The standard InChI is InChI=1S/C20H21FN6O2/c1-10(11-8-29-9-11)26-20(28)14-6-24-19-18(14)27-16(7-25-19)17(22)13-4-3-12(21)5-15(13)23-2/h3-7,10-11,22-23H,8-9H2,1-2H3,(H,24,25)(H,26,28)/t10-/m1/s1. The van der Waals surface area contributed by atoms with Crippen molar-refractivity contribution in [2.45, 2.75) is 13.0 Å². The number of amides is 1. The maximum atomic E-state index is 13.5. The van der Waals surface area contributed by atoms with Crippen molar-refractivity contribution in [2.24, 2.45) is 5.92 Å². The van der Waals surface area contributed by atoms with E-state index in [1.54, 1.807) is 13.2 Å². The van der Waals surface area contributed by atoms with E-state index in [4.69, 9.17) is 10.1 Å². The second-order valence-electron chi connectivity index (χ2n) is 7.03. The van der Waals surface area contributed by atoms with E-state index in [0.717, 1.165) is 0 Å². The van der Waals surface area contributed by atoms with Crippen molar-refractivity contribution < 1.29 is 13.9 Å². The molecule has 9 heteroatoms. The van der Waals surface area contributed by atoms with Gasteiger partial charge in [0.1, 0.15) is 17.0 Å². The number of carbonyl (C=O) groups is 1. The lowest BCUT2D eigenvalue weighted by Gasteiger charge is -2.31. The first kappa shape index (κ1) is 19.0. The molecule has 4 rings (SSSR count). The molecule has 1 aromatic carbocycles. The molecule has 150 valence electrons. The van der Waals surface area contributed by atoms with Gasteiger partial charge in [-0.1, -0.05) is 0 Å². The smallest absolute Gasteiger partial charge is 0.255 e. The number of hydrogen-bond donors (Lipinski definition) is 4. The second-order valence-corrected chi connectivity index (χ2v) is 7.03. The molecule has 0 spiro atoms. The maximum Gasteiger partial charge on any atom is 0.255 e. The zero-order valence-corrected chi connectivity index (χ0v) is 16.0. The molecule has 0 saturated carbocycles. The summed E-state index contributed by atoms with van der Waals surface area (Å²) in [7, 11) is 1.66. The number of aromatic nitrogens is 3. The number of benzene rings is 1. The summed E-state index contributed by atoms with van der Waals surface area (Å²) in [5.41, 5.74) is 2.53. The van der Waals surface area contributed by atoms with Gasteiger partial charge in [0.2, 0.25) is 0 Å². The van der Waals surface area contributed by atoms with Crippen LogP contribution in [0.15, 0.2) is 30.6 Å². The molecule has 0 aliphatic carbocycles. The predicted octanol–water partition coefficient (Wildman–Crippen LogP) is 2.32. The molecule has 2 aromatic heterocycles. The zero-order valence-electron chi connectivity index (χ0n) is 16.0. The van der Waals surface area contributed by atoms with Gasteiger partial charge in [-0.15, -0.1) is 0 Å². The monoisotopic (exact) mass is 396 g/mol. The van der Waals surface area contributed by atoms with Gasteiger partial charge < -0.3 is 20.4 Å². The summed E-state index contributed by atoms with van der Waals surface area (Å²) in [5.74, 6) is -0.355. The Morgan fingerprint density at radius 2 is 2.17 bits per heavy atom. The molecule has 1 fully saturated rings. The van der Waals surface area contributed by atoms with Gasteiger partial charge in [0.05, 0.1) is 30.7 Å². The van der Waals surface area contributed by atoms with E-state index in [1.165, 1.54) is 24.4 Å². The maximum absolute atomic E-state index is 13.5. The van der Waals surface area contributed by atoms with Crippen LogP contribution < -0.4 is 10.6 Å². The van der Waals surface area contributed by atoms with Crippen molar-refractivity contribution in [1.82, 2.24) is 20.3 Å². The molecule has 29 heavy (non-hydrogen) atoms. The number of carbonyl (C=O) groups excluding carboxylic acids is 1. The van der Waals surface area contributed by atoms with Crippen molar-refractivity contribution in [1.29, 1.82) is 5.41 Å². The summed E-state index contributed by atoms with van der Waals surface area (Å²) in [6, 6.07) is 4.10. The minimum atomic E-state index is -0.400. The molecular weight excluding hydrogens is 375 g/mol. The molecule has 4 N–H and O–H groups in total. The minimum Gasteiger partial charge on any atom is -0.387 e. The summed E-state index contributed by atoms with van der Waals surface area (Å²) >= 11 is 0. The van der Waals surface area contributed by atoms with Crippen LogP contribution in [0, 0.1) is 17.1 Å². The Hall–Kier alpha value is -3.33. The number of aromatic amines is 1. The Labute approximate surface area is 166 Å².